The first-order chi connectivity index (χ1) is 10.4. The second kappa shape index (κ2) is 6.26. The molecule has 4 nitrogen and oxygen atoms in total. The van der Waals surface area contributed by atoms with Crippen molar-refractivity contribution in [2.24, 2.45) is 0 Å². The standard InChI is InChI=1S/C18H16O4/c1-11-3-8-15(12(2)9-11)16(18(21)22)10-13-4-6-14(7-5-13)17(19)20/h3-10H,1-2H3,(H,19,20)(H,21,22)/b16-10-. The van der Waals surface area contributed by atoms with Gasteiger partial charge in [0.05, 0.1) is 11.1 Å². The second-order valence-corrected chi connectivity index (χ2v) is 5.11. The van der Waals surface area contributed by atoms with Crippen LogP contribution in [0.15, 0.2) is 42.5 Å². The van der Waals surface area contributed by atoms with Gasteiger partial charge in [-0.25, -0.2) is 9.59 Å². The Hall–Kier alpha value is -2.88. The Labute approximate surface area is 128 Å². The van der Waals surface area contributed by atoms with Crippen molar-refractivity contribution < 1.29 is 19.8 Å². The van der Waals surface area contributed by atoms with Crippen molar-refractivity contribution in [2.45, 2.75) is 13.8 Å². The first kappa shape index (κ1) is 15.5. The molecule has 0 saturated carbocycles. The molecule has 2 aromatic rings. The van der Waals surface area contributed by atoms with Crippen LogP contribution >= 0.6 is 0 Å². The SMILES string of the molecule is Cc1ccc(/C(=C/c2ccc(C(=O)O)cc2)C(=O)O)c(C)c1. The third kappa shape index (κ3) is 3.41. The summed E-state index contributed by atoms with van der Waals surface area (Å²) in [6.07, 6.45) is 1.55. The fourth-order valence-electron chi connectivity index (χ4n) is 2.26. The highest BCUT2D eigenvalue weighted by atomic mass is 16.4. The van der Waals surface area contributed by atoms with E-state index in [0.29, 0.717) is 11.1 Å². The molecule has 0 aromatic heterocycles. The maximum Gasteiger partial charge on any atom is 0.336 e. The molecule has 0 saturated heterocycles. The van der Waals surface area contributed by atoms with E-state index in [1.807, 2.05) is 26.0 Å². The average molecular weight is 296 g/mol. The summed E-state index contributed by atoms with van der Waals surface area (Å²) < 4.78 is 0. The minimum Gasteiger partial charge on any atom is -0.478 e. The molecule has 2 N–H and O–H groups in total. The van der Waals surface area contributed by atoms with Crippen LogP contribution in [0.1, 0.15) is 32.6 Å². The van der Waals surface area contributed by atoms with E-state index in [9.17, 15) is 14.7 Å². The number of hydrogen-bond donors (Lipinski definition) is 2. The largest absolute Gasteiger partial charge is 0.478 e. The Morgan fingerprint density at radius 3 is 2.09 bits per heavy atom. The topological polar surface area (TPSA) is 74.6 Å². The number of aliphatic carboxylic acids is 1. The minimum absolute atomic E-state index is 0.167. The van der Waals surface area contributed by atoms with Crippen LogP contribution < -0.4 is 0 Å². The molecule has 2 aromatic carbocycles. The van der Waals surface area contributed by atoms with Crippen molar-refractivity contribution in [3.05, 3.63) is 70.3 Å². The van der Waals surface area contributed by atoms with Crippen molar-refractivity contribution in [2.75, 3.05) is 0 Å². The Balaban J connectivity index is 2.47. The van der Waals surface area contributed by atoms with Gasteiger partial charge >= 0.3 is 11.9 Å². The summed E-state index contributed by atoms with van der Waals surface area (Å²) in [4.78, 5) is 22.4. The Bertz CT molecular complexity index is 755. The summed E-state index contributed by atoms with van der Waals surface area (Å²) in [5.41, 5.74) is 3.59. The molecule has 22 heavy (non-hydrogen) atoms. The summed E-state index contributed by atoms with van der Waals surface area (Å²) >= 11 is 0. The summed E-state index contributed by atoms with van der Waals surface area (Å²) in [5, 5.41) is 18.3. The van der Waals surface area contributed by atoms with Gasteiger partial charge in [0.1, 0.15) is 0 Å². The molecule has 0 atom stereocenters. The lowest BCUT2D eigenvalue weighted by Gasteiger charge is -2.08. The molecule has 4 heteroatoms. The number of rotatable bonds is 4. The summed E-state index contributed by atoms with van der Waals surface area (Å²) in [6.45, 7) is 3.82. The predicted octanol–water partition coefficient (Wildman–Crippen LogP) is 3.63. The molecule has 0 aliphatic carbocycles. The van der Waals surface area contributed by atoms with Gasteiger partial charge in [-0.2, -0.15) is 0 Å². The van der Waals surface area contributed by atoms with Crippen LogP contribution in [0.5, 0.6) is 0 Å². The molecule has 0 amide bonds. The first-order valence-corrected chi connectivity index (χ1v) is 6.74. The van der Waals surface area contributed by atoms with Gasteiger partial charge in [0, 0.05) is 0 Å². The van der Waals surface area contributed by atoms with Gasteiger partial charge in [-0.05, 0) is 48.7 Å². The van der Waals surface area contributed by atoms with Gasteiger partial charge in [-0.1, -0.05) is 35.9 Å². The lowest BCUT2D eigenvalue weighted by molar-refractivity contribution is -0.130. The van der Waals surface area contributed by atoms with E-state index < -0.39 is 11.9 Å². The summed E-state index contributed by atoms with van der Waals surface area (Å²) in [6, 6.07) is 11.7. The summed E-state index contributed by atoms with van der Waals surface area (Å²) in [5.74, 6) is -2.03. The maximum atomic E-state index is 11.6. The van der Waals surface area contributed by atoms with Crippen molar-refractivity contribution >= 4 is 23.6 Å². The molecule has 2 rings (SSSR count). The molecule has 112 valence electrons. The molecule has 0 radical (unpaired) electrons. The van der Waals surface area contributed by atoms with Crippen LogP contribution in [0.2, 0.25) is 0 Å². The smallest absolute Gasteiger partial charge is 0.336 e. The molecular weight excluding hydrogens is 280 g/mol. The molecule has 0 fully saturated rings. The lowest BCUT2D eigenvalue weighted by Crippen LogP contribution is -2.02. The zero-order valence-electron chi connectivity index (χ0n) is 12.3. The first-order valence-electron chi connectivity index (χ1n) is 6.74. The number of hydrogen-bond acceptors (Lipinski definition) is 2. The number of carboxylic acid groups (broad SMARTS) is 2. The third-order valence-electron chi connectivity index (χ3n) is 3.37. The molecule has 0 spiro atoms. The van der Waals surface area contributed by atoms with E-state index in [2.05, 4.69) is 0 Å². The molecule has 0 bridgehead atoms. The molecule has 0 unspecified atom stereocenters. The van der Waals surface area contributed by atoms with E-state index >= 15 is 0 Å². The highest BCUT2D eigenvalue weighted by Gasteiger charge is 2.13. The number of aryl methyl sites for hydroxylation is 2. The zero-order chi connectivity index (χ0) is 16.3. The molecule has 0 aliphatic rings. The van der Waals surface area contributed by atoms with Crippen LogP contribution in [0, 0.1) is 13.8 Å². The van der Waals surface area contributed by atoms with Gasteiger partial charge in [0.2, 0.25) is 0 Å². The van der Waals surface area contributed by atoms with Crippen LogP contribution in [0.25, 0.3) is 11.6 Å². The Kier molecular flexibility index (Phi) is 4.41. The monoisotopic (exact) mass is 296 g/mol. The van der Waals surface area contributed by atoms with Crippen molar-refractivity contribution in [3.63, 3.8) is 0 Å². The van der Waals surface area contributed by atoms with Crippen LogP contribution in [0.4, 0.5) is 0 Å². The average Bonchev–Trinajstić information content (AvgIpc) is 2.45. The number of carboxylic acids is 2. The van der Waals surface area contributed by atoms with Gasteiger partial charge in [-0.15, -0.1) is 0 Å². The van der Waals surface area contributed by atoms with Crippen LogP contribution in [-0.4, -0.2) is 22.2 Å². The number of aromatic carboxylic acids is 1. The quantitative estimate of drug-likeness (QED) is 0.667. The van der Waals surface area contributed by atoms with Gasteiger partial charge in [0.15, 0.2) is 0 Å². The number of benzene rings is 2. The van der Waals surface area contributed by atoms with Crippen molar-refractivity contribution in [1.29, 1.82) is 0 Å². The van der Waals surface area contributed by atoms with E-state index in [-0.39, 0.29) is 11.1 Å². The highest BCUT2D eigenvalue weighted by molar-refractivity contribution is 6.21. The van der Waals surface area contributed by atoms with E-state index in [1.165, 1.54) is 12.1 Å². The maximum absolute atomic E-state index is 11.6. The van der Waals surface area contributed by atoms with E-state index in [4.69, 9.17) is 5.11 Å². The third-order valence-corrected chi connectivity index (χ3v) is 3.37. The van der Waals surface area contributed by atoms with E-state index in [1.54, 1.807) is 24.3 Å². The number of carbonyl (C=O) groups is 2. The van der Waals surface area contributed by atoms with Gasteiger partial charge in [-0.3, -0.25) is 0 Å². The van der Waals surface area contributed by atoms with E-state index in [0.717, 1.165) is 11.1 Å². The van der Waals surface area contributed by atoms with Gasteiger partial charge < -0.3 is 10.2 Å². The van der Waals surface area contributed by atoms with Gasteiger partial charge in [0.25, 0.3) is 0 Å². The Morgan fingerprint density at radius 2 is 1.59 bits per heavy atom. The lowest BCUT2D eigenvalue weighted by atomic mass is 9.96. The second-order valence-electron chi connectivity index (χ2n) is 5.11. The molecular formula is C18H16O4. The van der Waals surface area contributed by atoms with Crippen molar-refractivity contribution in [3.8, 4) is 0 Å². The minimum atomic E-state index is -1.02. The van der Waals surface area contributed by atoms with Crippen LogP contribution in [-0.2, 0) is 4.79 Å². The zero-order valence-corrected chi connectivity index (χ0v) is 12.3. The molecule has 0 aliphatic heterocycles. The fourth-order valence-corrected chi connectivity index (χ4v) is 2.26. The normalized spacial score (nSPS) is 11.3. The summed E-state index contributed by atoms with van der Waals surface area (Å²) in [7, 11) is 0. The van der Waals surface area contributed by atoms with Crippen LogP contribution in [0.3, 0.4) is 0 Å². The predicted molar refractivity (Wildman–Crippen MR) is 84.8 cm³/mol. The molecule has 0 heterocycles. The Morgan fingerprint density at radius 1 is 0.955 bits per heavy atom. The fraction of sp³-hybridized carbons (Fsp3) is 0.111. The highest BCUT2D eigenvalue weighted by Crippen LogP contribution is 2.23. The van der Waals surface area contributed by atoms with Crippen molar-refractivity contribution in [1.82, 2.24) is 0 Å².